The summed E-state index contributed by atoms with van der Waals surface area (Å²) in [7, 11) is -3.92. The molecule has 2 unspecified atom stereocenters. The summed E-state index contributed by atoms with van der Waals surface area (Å²) in [6, 6.07) is 0.176. The highest BCUT2D eigenvalue weighted by molar-refractivity contribution is 7.93. The smallest absolute Gasteiger partial charge is 0.240 e. The zero-order valence-corrected chi connectivity index (χ0v) is 20.2. The number of nitrogens with one attached hydrogen (secondary N) is 1. The van der Waals surface area contributed by atoms with Crippen LogP contribution in [0.2, 0.25) is 5.02 Å². The Morgan fingerprint density at radius 3 is 2.41 bits per heavy atom. The second kappa shape index (κ2) is 9.20. The topological polar surface area (TPSA) is 121 Å². The van der Waals surface area contributed by atoms with Crippen LogP contribution in [0.15, 0.2) is 12.4 Å². The number of aromatic nitrogens is 5. The Morgan fingerprint density at radius 2 is 1.84 bits per heavy atom. The van der Waals surface area contributed by atoms with Crippen molar-refractivity contribution in [3.05, 3.63) is 29.1 Å². The van der Waals surface area contributed by atoms with Gasteiger partial charge in [0.1, 0.15) is 17.5 Å². The van der Waals surface area contributed by atoms with Crippen molar-refractivity contribution >= 4 is 27.6 Å². The first-order chi connectivity index (χ1) is 15.2. The quantitative estimate of drug-likeness (QED) is 0.573. The van der Waals surface area contributed by atoms with Gasteiger partial charge in [-0.1, -0.05) is 11.6 Å². The van der Waals surface area contributed by atoms with Crippen LogP contribution in [0.3, 0.4) is 0 Å². The van der Waals surface area contributed by atoms with Crippen LogP contribution in [0.25, 0.3) is 0 Å². The second-order valence-corrected chi connectivity index (χ2v) is 11.2. The van der Waals surface area contributed by atoms with E-state index < -0.39 is 21.4 Å². The van der Waals surface area contributed by atoms with Crippen molar-refractivity contribution in [3.63, 3.8) is 0 Å². The first kappa shape index (κ1) is 23.3. The van der Waals surface area contributed by atoms with Crippen molar-refractivity contribution in [3.8, 4) is 0 Å². The summed E-state index contributed by atoms with van der Waals surface area (Å²) in [4.78, 5) is 8.37. The Kier molecular flexibility index (Phi) is 6.71. The van der Waals surface area contributed by atoms with Gasteiger partial charge in [0, 0.05) is 18.4 Å². The van der Waals surface area contributed by atoms with Gasteiger partial charge in [-0.3, -0.25) is 9.29 Å². The van der Waals surface area contributed by atoms with Gasteiger partial charge in [-0.25, -0.2) is 18.4 Å². The molecule has 10 nitrogen and oxygen atoms in total. The first-order valence-corrected chi connectivity index (χ1v) is 12.8. The Labute approximate surface area is 193 Å². The fourth-order valence-corrected chi connectivity index (χ4v) is 4.99. The Bertz CT molecular complexity index is 1040. The van der Waals surface area contributed by atoms with Crippen LogP contribution in [-0.4, -0.2) is 50.6 Å². The van der Waals surface area contributed by atoms with E-state index >= 15 is 0 Å². The molecule has 2 fully saturated rings. The summed E-state index contributed by atoms with van der Waals surface area (Å²) in [5.74, 6) is 1.13. The van der Waals surface area contributed by atoms with Crippen LogP contribution in [-0.2, 0) is 19.5 Å². The van der Waals surface area contributed by atoms with Crippen molar-refractivity contribution < 1.29 is 17.9 Å². The number of rotatable bonds is 9. The van der Waals surface area contributed by atoms with E-state index in [4.69, 9.17) is 21.1 Å². The SMILES string of the molecule is CC(C)OC(c1ncc(Cl)cn1)C(C)S(=O)(=O)Nc1nnc([C@H]2CC[C@@H](C)O2)n1C1CC1. The maximum Gasteiger partial charge on any atom is 0.240 e. The van der Waals surface area contributed by atoms with E-state index in [0.717, 1.165) is 25.7 Å². The third-order valence-electron chi connectivity index (χ3n) is 5.62. The molecule has 0 aromatic carbocycles. The molecule has 1 aliphatic carbocycles. The number of ether oxygens (including phenoxy) is 2. The minimum atomic E-state index is -3.92. The summed E-state index contributed by atoms with van der Waals surface area (Å²) in [5, 5.41) is 7.82. The molecule has 32 heavy (non-hydrogen) atoms. The Morgan fingerprint density at radius 1 is 1.16 bits per heavy atom. The third-order valence-corrected chi connectivity index (χ3v) is 7.51. The van der Waals surface area contributed by atoms with Gasteiger partial charge in [-0.2, -0.15) is 0 Å². The zero-order chi connectivity index (χ0) is 23.0. The molecule has 0 bridgehead atoms. The highest BCUT2D eigenvalue weighted by Gasteiger charge is 2.39. The fourth-order valence-electron chi connectivity index (χ4n) is 3.80. The lowest BCUT2D eigenvalue weighted by molar-refractivity contribution is 0.00154. The van der Waals surface area contributed by atoms with E-state index in [1.807, 2.05) is 25.3 Å². The highest BCUT2D eigenvalue weighted by atomic mass is 35.5. The number of nitrogens with zero attached hydrogens (tertiary/aromatic N) is 5. The number of hydrogen-bond acceptors (Lipinski definition) is 8. The van der Waals surface area contributed by atoms with Gasteiger partial charge in [-0.15, -0.1) is 10.2 Å². The molecule has 4 rings (SSSR count). The third kappa shape index (κ3) is 5.05. The molecule has 3 heterocycles. The minimum Gasteiger partial charge on any atom is -0.367 e. The molecule has 0 radical (unpaired) electrons. The number of hydrogen-bond donors (Lipinski definition) is 1. The maximum atomic E-state index is 13.4. The lowest BCUT2D eigenvalue weighted by Gasteiger charge is -2.25. The molecule has 0 amide bonds. The second-order valence-electron chi connectivity index (χ2n) is 8.71. The molecule has 1 saturated carbocycles. The van der Waals surface area contributed by atoms with Crippen LogP contribution in [0.5, 0.6) is 0 Å². The predicted molar refractivity (Wildman–Crippen MR) is 119 cm³/mol. The summed E-state index contributed by atoms with van der Waals surface area (Å²) < 4.78 is 43.1. The largest absolute Gasteiger partial charge is 0.367 e. The molecule has 2 aromatic rings. The molecular formula is C20H29ClN6O4S. The molecule has 12 heteroatoms. The van der Waals surface area contributed by atoms with E-state index in [1.165, 1.54) is 12.4 Å². The molecule has 2 aliphatic rings. The van der Waals surface area contributed by atoms with Gasteiger partial charge in [0.05, 0.1) is 17.2 Å². The van der Waals surface area contributed by atoms with Gasteiger partial charge in [0.15, 0.2) is 11.6 Å². The summed E-state index contributed by atoms with van der Waals surface area (Å²) in [5.41, 5.74) is 0. The molecule has 1 N–H and O–H groups in total. The van der Waals surface area contributed by atoms with Crippen molar-refractivity contribution in [1.82, 2.24) is 24.7 Å². The van der Waals surface area contributed by atoms with Gasteiger partial charge in [0.2, 0.25) is 16.0 Å². The van der Waals surface area contributed by atoms with E-state index in [0.29, 0.717) is 10.8 Å². The lowest BCUT2D eigenvalue weighted by Crippen LogP contribution is -2.35. The number of sulfonamides is 1. The van der Waals surface area contributed by atoms with Crippen LogP contribution >= 0.6 is 11.6 Å². The van der Waals surface area contributed by atoms with Crippen molar-refractivity contribution in [2.45, 2.75) is 89.1 Å². The average Bonchev–Trinajstić information content (AvgIpc) is 3.35. The molecule has 1 aliphatic heterocycles. The molecule has 0 spiro atoms. The van der Waals surface area contributed by atoms with Crippen LogP contribution in [0.4, 0.5) is 5.95 Å². The van der Waals surface area contributed by atoms with Gasteiger partial charge in [0.25, 0.3) is 0 Å². The van der Waals surface area contributed by atoms with Crippen LogP contribution in [0.1, 0.15) is 83.3 Å². The molecular weight excluding hydrogens is 456 g/mol. The van der Waals surface area contributed by atoms with Crippen LogP contribution < -0.4 is 4.72 Å². The standard InChI is InChI=1S/C20H29ClN6O4S/c1-11(2)30-17(18-22-9-14(21)10-23-18)13(4)32(28,29)26-20-25-24-19(27(20)15-6-7-15)16-8-5-12(3)31-16/h9-13,15-17H,5-8H2,1-4H3,(H,25,26)/t12-,13?,16-,17?/m1/s1. The van der Waals surface area contributed by atoms with Crippen LogP contribution in [0, 0.1) is 0 Å². The molecule has 2 aromatic heterocycles. The predicted octanol–water partition coefficient (Wildman–Crippen LogP) is 3.59. The van der Waals surface area contributed by atoms with Crippen molar-refractivity contribution in [1.29, 1.82) is 0 Å². The van der Waals surface area contributed by atoms with Crippen molar-refractivity contribution in [2.24, 2.45) is 0 Å². The van der Waals surface area contributed by atoms with Crippen molar-refractivity contribution in [2.75, 3.05) is 4.72 Å². The molecule has 4 atom stereocenters. The number of anilines is 1. The molecule has 1 saturated heterocycles. The van der Waals surface area contributed by atoms with Gasteiger partial charge in [-0.05, 0) is 53.4 Å². The van der Waals surface area contributed by atoms with E-state index in [1.54, 1.807) is 6.92 Å². The summed E-state index contributed by atoms with van der Waals surface area (Å²) >= 11 is 5.89. The Balaban J connectivity index is 1.60. The minimum absolute atomic E-state index is 0.151. The number of halogens is 1. The fraction of sp³-hybridized carbons (Fsp3) is 0.700. The summed E-state index contributed by atoms with van der Waals surface area (Å²) in [6.07, 6.45) is 5.39. The first-order valence-electron chi connectivity index (χ1n) is 10.9. The molecule has 176 valence electrons. The summed E-state index contributed by atoms with van der Waals surface area (Å²) in [6.45, 7) is 7.24. The lowest BCUT2D eigenvalue weighted by atomic mass is 10.2. The van der Waals surface area contributed by atoms with Gasteiger partial charge < -0.3 is 9.47 Å². The normalized spacial score (nSPS) is 23.4. The average molecular weight is 485 g/mol. The van der Waals surface area contributed by atoms with Gasteiger partial charge >= 0.3 is 0 Å². The van der Waals surface area contributed by atoms with E-state index in [9.17, 15) is 8.42 Å². The van der Waals surface area contributed by atoms with E-state index in [-0.39, 0.29) is 36.1 Å². The van der Waals surface area contributed by atoms with E-state index in [2.05, 4.69) is 24.9 Å². The zero-order valence-electron chi connectivity index (χ0n) is 18.6. The maximum absolute atomic E-state index is 13.4. The monoisotopic (exact) mass is 484 g/mol. The highest BCUT2D eigenvalue weighted by Crippen LogP contribution is 2.42. The Hall–Kier alpha value is -1.82.